The highest BCUT2D eigenvalue weighted by atomic mass is 16.3. The zero-order valence-electron chi connectivity index (χ0n) is 17.9. The van der Waals surface area contributed by atoms with E-state index in [0.29, 0.717) is 29.3 Å². The Morgan fingerprint density at radius 3 is 1.48 bits per heavy atom. The minimum absolute atomic E-state index is 0.306. The van der Waals surface area contributed by atoms with Crippen molar-refractivity contribution in [3.8, 4) is 11.5 Å². The van der Waals surface area contributed by atoms with Crippen molar-refractivity contribution in [3.05, 3.63) is 58.7 Å². The van der Waals surface area contributed by atoms with Crippen molar-refractivity contribution < 1.29 is 10.2 Å². The first-order valence-corrected chi connectivity index (χ1v) is 11.8. The van der Waals surface area contributed by atoms with Gasteiger partial charge in [0.15, 0.2) is 0 Å². The van der Waals surface area contributed by atoms with Crippen LogP contribution in [-0.2, 0) is 0 Å². The van der Waals surface area contributed by atoms with Crippen molar-refractivity contribution in [2.45, 2.75) is 95.3 Å². The van der Waals surface area contributed by atoms with Crippen molar-refractivity contribution in [2.24, 2.45) is 0 Å². The average molecular weight is 393 g/mol. The molecule has 2 N–H and O–H groups in total. The van der Waals surface area contributed by atoms with Crippen LogP contribution >= 0.6 is 0 Å². The van der Waals surface area contributed by atoms with Crippen LogP contribution in [0.1, 0.15) is 118 Å². The first-order chi connectivity index (χ1) is 14.2. The van der Waals surface area contributed by atoms with Crippen molar-refractivity contribution in [1.82, 2.24) is 0 Å². The van der Waals surface area contributed by atoms with Crippen LogP contribution in [0.4, 0.5) is 0 Å². The Labute approximate surface area is 176 Å². The molecule has 0 amide bonds. The number of hydrogen-bond acceptors (Lipinski definition) is 2. The number of aromatic hydroxyl groups is 2. The molecule has 2 heteroatoms. The summed E-state index contributed by atoms with van der Waals surface area (Å²) in [6.45, 7) is 2.24. The van der Waals surface area contributed by atoms with E-state index in [1.165, 1.54) is 75.3 Å². The van der Waals surface area contributed by atoms with Gasteiger partial charge in [0.2, 0.25) is 0 Å². The van der Waals surface area contributed by atoms with E-state index in [-0.39, 0.29) is 0 Å². The average Bonchev–Trinajstić information content (AvgIpc) is 2.77. The third kappa shape index (κ3) is 4.47. The molecule has 156 valence electrons. The Hall–Kier alpha value is -1.96. The van der Waals surface area contributed by atoms with Crippen LogP contribution in [0.25, 0.3) is 0 Å². The lowest BCUT2D eigenvalue weighted by atomic mass is 9.79. The summed E-state index contributed by atoms with van der Waals surface area (Å²) in [5, 5.41) is 21.1. The van der Waals surface area contributed by atoms with Gasteiger partial charge >= 0.3 is 0 Å². The number of rotatable bonds is 5. The maximum absolute atomic E-state index is 10.5. The summed E-state index contributed by atoms with van der Waals surface area (Å²) >= 11 is 0. The topological polar surface area (TPSA) is 40.5 Å². The predicted octanol–water partition coefficient (Wildman–Crippen LogP) is 7.74. The predicted molar refractivity (Wildman–Crippen MR) is 120 cm³/mol. The minimum atomic E-state index is 0.306. The Bertz CT molecular complexity index is 746. The van der Waals surface area contributed by atoms with Crippen LogP contribution in [0.3, 0.4) is 0 Å². The number of hydrogen-bond donors (Lipinski definition) is 2. The fourth-order valence-corrected chi connectivity index (χ4v) is 5.72. The largest absolute Gasteiger partial charge is 0.508 e. The minimum Gasteiger partial charge on any atom is -0.508 e. The molecule has 4 rings (SSSR count). The van der Waals surface area contributed by atoms with Crippen molar-refractivity contribution in [1.29, 1.82) is 0 Å². The van der Waals surface area contributed by atoms with Gasteiger partial charge in [-0.05, 0) is 78.3 Å². The van der Waals surface area contributed by atoms with E-state index in [4.69, 9.17) is 0 Å². The van der Waals surface area contributed by atoms with Crippen molar-refractivity contribution in [2.75, 3.05) is 0 Å². The van der Waals surface area contributed by atoms with E-state index in [1.807, 2.05) is 12.1 Å². The molecule has 29 heavy (non-hydrogen) atoms. The highest BCUT2D eigenvalue weighted by Crippen LogP contribution is 2.42. The van der Waals surface area contributed by atoms with Gasteiger partial charge in [-0.15, -0.1) is 0 Å². The fraction of sp³-hybridized carbons (Fsp3) is 0.556. The maximum atomic E-state index is 10.5. The normalized spacial score (nSPS) is 19.0. The third-order valence-electron chi connectivity index (χ3n) is 7.41. The summed E-state index contributed by atoms with van der Waals surface area (Å²) in [4.78, 5) is 0. The lowest BCUT2D eigenvalue weighted by molar-refractivity contribution is 0.413. The smallest absolute Gasteiger partial charge is 0.119 e. The Balaban J connectivity index is 1.65. The first-order valence-electron chi connectivity index (χ1n) is 11.8. The second kappa shape index (κ2) is 9.24. The molecule has 0 aliphatic heterocycles. The zero-order chi connectivity index (χ0) is 20.2. The quantitative estimate of drug-likeness (QED) is 0.546. The van der Waals surface area contributed by atoms with Crippen molar-refractivity contribution >= 4 is 0 Å². The molecule has 0 saturated heterocycles. The molecule has 0 atom stereocenters. The van der Waals surface area contributed by atoms with E-state index in [1.54, 1.807) is 0 Å². The van der Waals surface area contributed by atoms with E-state index < -0.39 is 0 Å². The van der Waals surface area contributed by atoms with Crippen LogP contribution < -0.4 is 0 Å². The summed E-state index contributed by atoms with van der Waals surface area (Å²) in [5.41, 5.74) is 4.89. The summed E-state index contributed by atoms with van der Waals surface area (Å²) in [6, 6.07) is 12.6. The third-order valence-corrected chi connectivity index (χ3v) is 7.41. The lowest BCUT2D eigenvalue weighted by Crippen LogP contribution is -2.08. The van der Waals surface area contributed by atoms with Gasteiger partial charge in [0, 0.05) is 5.92 Å². The number of benzene rings is 2. The summed E-state index contributed by atoms with van der Waals surface area (Å²) in [6.07, 6.45) is 13.5. The van der Waals surface area contributed by atoms with Crippen LogP contribution in [0.2, 0.25) is 0 Å². The van der Waals surface area contributed by atoms with Gasteiger partial charge in [-0.25, -0.2) is 0 Å². The van der Waals surface area contributed by atoms with Gasteiger partial charge in [-0.2, -0.15) is 0 Å². The summed E-state index contributed by atoms with van der Waals surface area (Å²) in [5.74, 6) is 2.23. The van der Waals surface area contributed by atoms with Gasteiger partial charge in [-0.1, -0.05) is 69.7 Å². The zero-order valence-corrected chi connectivity index (χ0v) is 17.9. The van der Waals surface area contributed by atoms with Gasteiger partial charge < -0.3 is 10.2 Å². The van der Waals surface area contributed by atoms with E-state index in [0.717, 1.165) is 17.5 Å². The van der Waals surface area contributed by atoms with Gasteiger partial charge in [0.05, 0.1) is 0 Å². The van der Waals surface area contributed by atoms with Gasteiger partial charge in [0.1, 0.15) is 11.5 Å². The van der Waals surface area contributed by atoms with E-state index in [2.05, 4.69) is 31.2 Å². The molecule has 0 bridgehead atoms. The first kappa shape index (κ1) is 20.3. The summed E-state index contributed by atoms with van der Waals surface area (Å²) in [7, 11) is 0. The lowest BCUT2D eigenvalue weighted by Gasteiger charge is -2.26. The molecular weight excluding hydrogens is 356 g/mol. The molecule has 0 unspecified atom stereocenters. The second-order valence-electron chi connectivity index (χ2n) is 9.27. The van der Waals surface area contributed by atoms with Gasteiger partial charge in [0.25, 0.3) is 0 Å². The van der Waals surface area contributed by atoms with Crippen LogP contribution in [0.5, 0.6) is 11.5 Å². The van der Waals surface area contributed by atoms with Crippen LogP contribution in [0.15, 0.2) is 36.4 Å². The standard InChI is InChI=1S/C27H36O2/c1-2-23(21-13-15-26(28)24(17-21)19-9-5-3-6-10-19)22-14-16-27(29)25(18-22)20-11-7-4-8-12-20/h13-20,23,28-29H,2-12H2,1H3. The highest BCUT2D eigenvalue weighted by Gasteiger charge is 2.23. The molecule has 2 aromatic rings. The van der Waals surface area contributed by atoms with Crippen molar-refractivity contribution in [3.63, 3.8) is 0 Å². The molecule has 0 heterocycles. The van der Waals surface area contributed by atoms with Crippen LogP contribution in [-0.4, -0.2) is 10.2 Å². The highest BCUT2D eigenvalue weighted by molar-refractivity contribution is 5.46. The number of phenolic OH excluding ortho intramolecular Hbond substituents is 2. The Kier molecular flexibility index (Phi) is 6.47. The molecule has 2 nitrogen and oxygen atoms in total. The molecule has 2 aromatic carbocycles. The molecule has 2 saturated carbocycles. The maximum Gasteiger partial charge on any atom is 0.119 e. The van der Waals surface area contributed by atoms with E-state index >= 15 is 0 Å². The molecule has 0 radical (unpaired) electrons. The molecule has 0 aromatic heterocycles. The van der Waals surface area contributed by atoms with Crippen LogP contribution in [0, 0.1) is 0 Å². The SMILES string of the molecule is CCC(c1ccc(O)c(C2CCCCC2)c1)c1ccc(O)c(C2CCCCC2)c1. The molecule has 2 fully saturated rings. The second-order valence-corrected chi connectivity index (χ2v) is 9.27. The van der Waals surface area contributed by atoms with Gasteiger partial charge in [-0.3, -0.25) is 0 Å². The molecule has 2 aliphatic carbocycles. The Morgan fingerprint density at radius 1 is 0.690 bits per heavy atom. The fourth-order valence-electron chi connectivity index (χ4n) is 5.72. The molecule has 2 aliphatic rings. The Morgan fingerprint density at radius 2 is 1.10 bits per heavy atom. The monoisotopic (exact) mass is 392 g/mol. The number of phenols is 2. The molecule has 0 spiro atoms. The molecular formula is C27H36O2. The van der Waals surface area contributed by atoms with E-state index in [9.17, 15) is 10.2 Å². The summed E-state index contributed by atoms with van der Waals surface area (Å²) < 4.78 is 0.